The fraction of sp³-hybridized carbons (Fsp3) is 0.250. The third-order valence-corrected chi connectivity index (χ3v) is 6.43. The minimum atomic E-state index is -3.96. The summed E-state index contributed by atoms with van der Waals surface area (Å²) in [5.74, 6) is -1.23. The Morgan fingerprint density at radius 1 is 1.06 bits per heavy atom. The fourth-order valence-electron chi connectivity index (χ4n) is 3.40. The smallest absolute Gasteiger partial charge is 0.243 e. The van der Waals surface area contributed by atoms with E-state index in [0.717, 1.165) is 11.0 Å². The van der Waals surface area contributed by atoms with Crippen molar-refractivity contribution in [1.82, 2.24) is 10.0 Å². The zero-order valence-corrected chi connectivity index (χ0v) is 19.4. The normalized spacial score (nSPS) is 12.2. The lowest BCUT2D eigenvalue weighted by molar-refractivity contribution is -0.126. The van der Waals surface area contributed by atoms with Gasteiger partial charge >= 0.3 is 0 Å². The van der Waals surface area contributed by atoms with E-state index in [1.54, 1.807) is 30.3 Å². The van der Waals surface area contributed by atoms with Crippen LogP contribution >= 0.6 is 0 Å². The first-order valence-electron chi connectivity index (χ1n) is 10.7. The molecule has 0 spiro atoms. The second-order valence-corrected chi connectivity index (χ2v) is 9.25. The maximum Gasteiger partial charge on any atom is 0.243 e. The number of carbonyl (C=O) groups excluding carboxylic acids is 2. The first-order valence-corrected chi connectivity index (χ1v) is 12.2. The van der Waals surface area contributed by atoms with Gasteiger partial charge in [-0.25, -0.2) is 17.5 Å². The third kappa shape index (κ3) is 6.52. The van der Waals surface area contributed by atoms with E-state index < -0.39 is 40.2 Å². The van der Waals surface area contributed by atoms with Crippen LogP contribution in [0.2, 0.25) is 0 Å². The van der Waals surface area contributed by atoms with Crippen molar-refractivity contribution in [1.29, 1.82) is 0 Å². The van der Waals surface area contributed by atoms with Gasteiger partial charge in [0, 0.05) is 5.69 Å². The SMILES string of the molecule is CCCC(C(=O)NCc1ccco1)N(C(=O)CNS(=O)(=O)c1ccccc1)c1cccc(F)c1. The van der Waals surface area contributed by atoms with Crippen molar-refractivity contribution >= 4 is 27.5 Å². The Balaban J connectivity index is 1.85. The van der Waals surface area contributed by atoms with Gasteiger partial charge in [-0.3, -0.25) is 14.5 Å². The van der Waals surface area contributed by atoms with Gasteiger partial charge in [-0.05, 0) is 48.9 Å². The highest BCUT2D eigenvalue weighted by molar-refractivity contribution is 7.89. The fourth-order valence-corrected chi connectivity index (χ4v) is 4.40. The highest BCUT2D eigenvalue weighted by Gasteiger charge is 2.31. The summed E-state index contributed by atoms with van der Waals surface area (Å²) in [5.41, 5.74) is 0.149. The minimum Gasteiger partial charge on any atom is -0.467 e. The van der Waals surface area contributed by atoms with Crippen molar-refractivity contribution in [3.8, 4) is 0 Å². The van der Waals surface area contributed by atoms with E-state index in [0.29, 0.717) is 12.2 Å². The van der Waals surface area contributed by atoms with Crippen molar-refractivity contribution in [3.05, 3.63) is 84.6 Å². The molecule has 3 aromatic rings. The molecule has 1 atom stereocenters. The number of anilines is 1. The molecule has 0 saturated carbocycles. The average Bonchev–Trinajstić information content (AvgIpc) is 3.35. The zero-order chi connectivity index (χ0) is 24.6. The van der Waals surface area contributed by atoms with Crippen molar-refractivity contribution in [2.24, 2.45) is 0 Å². The molecule has 2 amide bonds. The van der Waals surface area contributed by atoms with E-state index in [2.05, 4.69) is 10.0 Å². The first kappa shape index (κ1) is 25.1. The number of sulfonamides is 1. The molecule has 0 radical (unpaired) electrons. The molecule has 0 aliphatic heterocycles. The number of carbonyl (C=O) groups is 2. The Morgan fingerprint density at radius 2 is 1.82 bits per heavy atom. The second kappa shape index (κ2) is 11.6. The summed E-state index contributed by atoms with van der Waals surface area (Å²) in [6.45, 7) is 1.34. The minimum absolute atomic E-state index is 0.00130. The molecule has 0 fully saturated rings. The molecule has 2 aromatic carbocycles. The Kier molecular flexibility index (Phi) is 8.55. The Hall–Kier alpha value is -3.50. The van der Waals surface area contributed by atoms with E-state index in [9.17, 15) is 22.4 Å². The van der Waals surface area contributed by atoms with Gasteiger partial charge < -0.3 is 9.73 Å². The summed E-state index contributed by atoms with van der Waals surface area (Å²) in [5, 5.41) is 2.73. The summed E-state index contributed by atoms with van der Waals surface area (Å²) < 4.78 is 46.7. The molecular weight excluding hydrogens is 461 g/mol. The van der Waals surface area contributed by atoms with Crippen molar-refractivity contribution in [3.63, 3.8) is 0 Å². The van der Waals surface area contributed by atoms with Crippen LogP contribution in [0.4, 0.5) is 10.1 Å². The van der Waals surface area contributed by atoms with Crippen molar-refractivity contribution < 1.29 is 26.8 Å². The first-order chi connectivity index (χ1) is 16.3. The Labute approximate surface area is 197 Å². The number of halogens is 1. The van der Waals surface area contributed by atoms with Gasteiger partial charge in [0.2, 0.25) is 21.8 Å². The molecule has 1 aromatic heterocycles. The number of nitrogens with zero attached hydrogens (tertiary/aromatic N) is 1. The average molecular weight is 488 g/mol. The van der Waals surface area contributed by atoms with Crippen LogP contribution in [0.1, 0.15) is 25.5 Å². The zero-order valence-electron chi connectivity index (χ0n) is 18.6. The molecule has 2 N–H and O–H groups in total. The largest absolute Gasteiger partial charge is 0.467 e. The van der Waals surface area contributed by atoms with Gasteiger partial charge in [0.1, 0.15) is 17.6 Å². The standard InChI is InChI=1S/C24H26FN3O5S/c1-2-8-22(24(30)26-16-20-11-7-14-33-20)28(19-10-6-9-18(25)15-19)23(29)17-27-34(31,32)21-12-4-3-5-13-21/h3-7,9-15,22,27H,2,8,16-17H2,1H3,(H,26,30). The van der Waals surface area contributed by atoms with E-state index in [1.165, 1.54) is 36.6 Å². The van der Waals surface area contributed by atoms with Crippen LogP contribution in [0.15, 0.2) is 82.3 Å². The highest BCUT2D eigenvalue weighted by atomic mass is 32.2. The third-order valence-electron chi connectivity index (χ3n) is 5.02. The molecular formula is C24H26FN3O5S. The lowest BCUT2D eigenvalue weighted by Crippen LogP contribution is -2.52. The van der Waals surface area contributed by atoms with E-state index in [1.807, 2.05) is 6.92 Å². The molecule has 1 unspecified atom stereocenters. The summed E-state index contributed by atoms with van der Waals surface area (Å²) in [7, 11) is -3.96. The van der Waals surface area contributed by atoms with Gasteiger partial charge in [0.25, 0.3) is 0 Å². The molecule has 0 bridgehead atoms. The van der Waals surface area contributed by atoms with E-state index in [-0.39, 0.29) is 23.5 Å². The lowest BCUT2D eigenvalue weighted by atomic mass is 10.1. The number of hydrogen-bond donors (Lipinski definition) is 2. The number of hydrogen-bond acceptors (Lipinski definition) is 5. The predicted octanol–water partition coefficient (Wildman–Crippen LogP) is 3.22. The van der Waals surface area contributed by atoms with Crippen LogP contribution in [0.25, 0.3) is 0 Å². The number of rotatable bonds is 11. The van der Waals surface area contributed by atoms with Crippen LogP contribution in [-0.2, 0) is 26.2 Å². The van der Waals surface area contributed by atoms with Crippen LogP contribution < -0.4 is 14.9 Å². The van der Waals surface area contributed by atoms with Gasteiger partial charge in [0.15, 0.2) is 0 Å². The summed E-state index contributed by atoms with van der Waals surface area (Å²) in [4.78, 5) is 27.5. The van der Waals surface area contributed by atoms with Crippen molar-refractivity contribution in [2.45, 2.75) is 37.2 Å². The summed E-state index contributed by atoms with van der Waals surface area (Å²) in [6, 6.07) is 15.3. The number of amides is 2. The van der Waals surface area contributed by atoms with Gasteiger partial charge in [-0.2, -0.15) is 0 Å². The van der Waals surface area contributed by atoms with Crippen LogP contribution in [-0.4, -0.2) is 32.8 Å². The number of benzene rings is 2. The number of furan rings is 1. The summed E-state index contributed by atoms with van der Waals surface area (Å²) >= 11 is 0. The van der Waals surface area contributed by atoms with Gasteiger partial charge in [-0.15, -0.1) is 0 Å². The second-order valence-electron chi connectivity index (χ2n) is 7.48. The highest BCUT2D eigenvalue weighted by Crippen LogP contribution is 2.22. The topological polar surface area (TPSA) is 109 Å². The number of nitrogens with one attached hydrogen (secondary N) is 2. The lowest BCUT2D eigenvalue weighted by Gasteiger charge is -2.31. The molecule has 8 nitrogen and oxygen atoms in total. The predicted molar refractivity (Wildman–Crippen MR) is 125 cm³/mol. The molecule has 0 aliphatic carbocycles. The molecule has 1 heterocycles. The van der Waals surface area contributed by atoms with Crippen LogP contribution in [0, 0.1) is 5.82 Å². The van der Waals surface area contributed by atoms with Gasteiger partial charge in [0.05, 0.1) is 24.2 Å². The monoisotopic (exact) mass is 487 g/mol. The van der Waals surface area contributed by atoms with Crippen LogP contribution in [0.5, 0.6) is 0 Å². The molecule has 180 valence electrons. The Morgan fingerprint density at radius 3 is 2.47 bits per heavy atom. The summed E-state index contributed by atoms with van der Waals surface area (Å²) in [6.07, 6.45) is 2.30. The van der Waals surface area contributed by atoms with E-state index in [4.69, 9.17) is 4.42 Å². The van der Waals surface area contributed by atoms with Crippen LogP contribution in [0.3, 0.4) is 0 Å². The quantitative estimate of drug-likeness (QED) is 0.432. The Bertz CT molecular complexity index is 1200. The molecule has 0 saturated heterocycles. The molecule has 10 heteroatoms. The molecule has 3 rings (SSSR count). The maximum absolute atomic E-state index is 14.0. The molecule has 0 aliphatic rings. The van der Waals surface area contributed by atoms with E-state index >= 15 is 0 Å². The maximum atomic E-state index is 14.0. The van der Waals surface area contributed by atoms with Crippen molar-refractivity contribution in [2.75, 3.05) is 11.4 Å². The van der Waals surface area contributed by atoms with Gasteiger partial charge in [-0.1, -0.05) is 37.6 Å². The molecule has 34 heavy (non-hydrogen) atoms.